The molecule has 1 heterocycles. The van der Waals surface area contributed by atoms with Crippen LogP contribution in [-0.2, 0) is 23.2 Å². The van der Waals surface area contributed by atoms with Crippen LogP contribution in [0.3, 0.4) is 0 Å². The summed E-state index contributed by atoms with van der Waals surface area (Å²) in [6, 6.07) is 4.75. The Hall–Kier alpha value is -1.77. The first-order chi connectivity index (χ1) is 9.44. The van der Waals surface area contributed by atoms with E-state index >= 15 is 0 Å². The predicted octanol–water partition coefficient (Wildman–Crippen LogP) is 0.657. The summed E-state index contributed by atoms with van der Waals surface area (Å²) in [5.74, 6) is 0.639. The SMILES string of the molecule is Cc1nc(CNS(=O)(=O)c2cccc(CO)c2C)no1. The average Bonchev–Trinajstić information content (AvgIpc) is 2.82. The minimum absolute atomic E-state index is 0.0531. The van der Waals surface area contributed by atoms with Gasteiger partial charge in [-0.25, -0.2) is 13.1 Å². The fraction of sp³-hybridized carbons (Fsp3) is 0.333. The topological polar surface area (TPSA) is 105 Å². The largest absolute Gasteiger partial charge is 0.392 e. The van der Waals surface area contributed by atoms with Gasteiger partial charge in [0.15, 0.2) is 5.82 Å². The van der Waals surface area contributed by atoms with Gasteiger partial charge >= 0.3 is 0 Å². The normalized spacial score (nSPS) is 11.8. The van der Waals surface area contributed by atoms with Crippen molar-refractivity contribution in [3.8, 4) is 0 Å². The zero-order valence-corrected chi connectivity index (χ0v) is 11.9. The molecule has 1 aromatic heterocycles. The fourth-order valence-corrected chi connectivity index (χ4v) is 3.04. The average molecular weight is 297 g/mol. The molecule has 0 amide bonds. The van der Waals surface area contributed by atoms with Crippen molar-refractivity contribution in [3.05, 3.63) is 41.0 Å². The third-order valence-corrected chi connectivity index (χ3v) is 4.39. The maximum atomic E-state index is 12.2. The molecule has 0 saturated heterocycles. The van der Waals surface area contributed by atoms with E-state index in [9.17, 15) is 13.5 Å². The van der Waals surface area contributed by atoms with Crippen molar-refractivity contribution in [2.45, 2.75) is 31.9 Å². The Labute approximate surface area is 116 Å². The highest BCUT2D eigenvalue weighted by Gasteiger charge is 2.18. The van der Waals surface area contributed by atoms with Crippen LogP contribution >= 0.6 is 0 Å². The van der Waals surface area contributed by atoms with Gasteiger partial charge in [0.1, 0.15) is 0 Å². The molecule has 0 bridgehead atoms. The van der Waals surface area contributed by atoms with E-state index in [1.807, 2.05) is 0 Å². The third kappa shape index (κ3) is 3.03. The van der Waals surface area contributed by atoms with Gasteiger partial charge in [-0.1, -0.05) is 17.3 Å². The predicted molar refractivity (Wildman–Crippen MR) is 70.2 cm³/mol. The Morgan fingerprint density at radius 2 is 2.10 bits per heavy atom. The number of hydrogen-bond donors (Lipinski definition) is 2. The number of sulfonamides is 1. The van der Waals surface area contributed by atoms with Crippen molar-refractivity contribution in [1.82, 2.24) is 14.9 Å². The van der Waals surface area contributed by atoms with Gasteiger partial charge in [0, 0.05) is 6.92 Å². The van der Waals surface area contributed by atoms with Gasteiger partial charge in [0.25, 0.3) is 0 Å². The first kappa shape index (κ1) is 14.6. The zero-order valence-electron chi connectivity index (χ0n) is 11.1. The number of aliphatic hydroxyl groups is 1. The van der Waals surface area contributed by atoms with E-state index in [1.54, 1.807) is 26.0 Å². The maximum Gasteiger partial charge on any atom is 0.241 e. The highest BCUT2D eigenvalue weighted by atomic mass is 32.2. The van der Waals surface area contributed by atoms with Crippen LogP contribution in [0.1, 0.15) is 22.8 Å². The van der Waals surface area contributed by atoms with Gasteiger partial charge in [-0.15, -0.1) is 0 Å². The summed E-state index contributed by atoms with van der Waals surface area (Å²) < 4.78 is 31.6. The Morgan fingerprint density at radius 1 is 1.35 bits per heavy atom. The van der Waals surface area contributed by atoms with Gasteiger partial charge in [0.2, 0.25) is 15.9 Å². The summed E-state index contributed by atoms with van der Waals surface area (Å²) in [6.45, 7) is 3.01. The fourth-order valence-electron chi connectivity index (χ4n) is 1.77. The molecule has 0 aliphatic carbocycles. The smallest absolute Gasteiger partial charge is 0.241 e. The molecule has 0 fully saturated rings. The van der Waals surface area contributed by atoms with Gasteiger partial charge in [0.05, 0.1) is 18.0 Å². The minimum Gasteiger partial charge on any atom is -0.392 e. The summed E-state index contributed by atoms with van der Waals surface area (Å²) in [6.07, 6.45) is 0. The molecule has 8 heteroatoms. The number of aliphatic hydroxyl groups excluding tert-OH is 1. The van der Waals surface area contributed by atoms with Gasteiger partial charge in [-0.2, -0.15) is 4.98 Å². The first-order valence-corrected chi connectivity index (χ1v) is 7.40. The lowest BCUT2D eigenvalue weighted by atomic mass is 10.1. The van der Waals surface area contributed by atoms with Crippen LogP contribution in [0, 0.1) is 13.8 Å². The van der Waals surface area contributed by atoms with Crippen molar-refractivity contribution in [1.29, 1.82) is 0 Å². The number of nitrogens with zero attached hydrogens (tertiary/aromatic N) is 2. The molecule has 0 aliphatic rings. The lowest BCUT2D eigenvalue weighted by Crippen LogP contribution is -2.24. The van der Waals surface area contributed by atoms with E-state index in [-0.39, 0.29) is 23.9 Å². The second-order valence-corrected chi connectivity index (χ2v) is 5.99. The van der Waals surface area contributed by atoms with Gasteiger partial charge in [-0.05, 0) is 24.1 Å². The second-order valence-electron chi connectivity index (χ2n) is 4.25. The molecule has 0 unspecified atom stereocenters. The Morgan fingerprint density at radius 3 is 2.70 bits per heavy atom. The van der Waals surface area contributed by atoms with Crippen LogP contribution < -0.4 is 4.72 Å². The number of hydrogen-bond acceptors (Lipinski definition) is 6. The molecule has 0 saturated carbocycles. The molecule has 2 aromatic rings. The first-order valence-electron chi connectivity index (χ1n) is 5.92. The lowest BCUT2D eigenvalue weighted by molar-refractivity contribution is 0.280. The molecule has 0 spiro atoms. The Kier molecular flexibility index (Phi) is 4.17. The van der Waals surface area contributed by atoms with Gasteiger partial charge < -0.3 is 9.63 Å². The van der Waals surface area contributed by atoms with Crippen molar-refractivity contribution >= 4 is 10.0 Å². The quantitative estimate of drug-likeness (QED) is 0.839. The third-order valence-electron chi connectivity index (χ3n) is 2.85. The summed E-state index contributed by atoms with van der Waals surface area (Å²) >= 11 is 0. The standard InChI is InChI=1S/C12H15N3O4S/c1-8-10(7-16)4-3-5-11(8)20(17,18)13-6-12-14-9(2)19-15-12/h3-5,13,16H,6-7H2,1-2H3. The van der Waals surface area contributed by atoms with Crippen molar-refractivity contribution in [3.63, 3.8) is 0 Å². The van der Waals surface area contributed by atoms with Crippen LogP contribution in [0.5, 0.6) is 0 Å². The Bertz CT molecular complexity index is 709. The molecule has 108 valence electrons. The lowest BCUT2D eigenvalue weighted by Gasteiger charge is -2.10. The highest BCUT2D eigenvalue weighted by molar-refractivity contribution is 7.89. The zero-order chi connectivity index (χ0) is 14.8. The van der Waals surface area contributed by atoms with Crippen LogP contribution in [0.25, 0.3) is 0 Å². The van der Waals surface area contributed by atoms with Crippen LogP contribution in [0.2, 0.25) is 0 Å². The summed E-state index contributed by atoms with van der Waals surface area (Å²) in [5.41, 5.74) is 1.09. The monoisotopic (exact) mass is 297 g/mol. The van der Waals surface area contributed by atoms with Crippen LogP contribution in [0.15, 0.2) is 27.6 Å². The highest BCUT2D eigenvalue weighted by Crippen LogP contribution is 2.19. The number of nitrogens with one attached hydrogen (secondary N) is 1. The molecule has 20 heavy (non-hydrogen) atoms. The molecule has 2 N–H and O–H groups in total. The molecule has 1 aromatic carbocycles. The van der Waals surface area contributed by atoms with E-state index < -0.39 is 10.0 Å². The molecular formula is C12H15N3O4S. The van der Waals surface area contributed by atoms with Crippen LogP contribution in [-0.4, -0.2) is 23.7 Å². The van der Waals surface area contributed by atoms with Crippen molar-refractivity contribution in [2.75, 3.05) is 0 Å². The van der Waals surface area contributed by atoms with Crippen molar-refractivity contribution in [2.24, 2.45) is 0 Å². The molecule has 0 atom stereocenters. The van der Waals surface area contributed by atoms with E-state index in [0.29, 0.717) is 17.0 Å². The Balaban J connectivity index is 2.22. The molecule has 0 radical (unpaired) electrons. The number of aryl methyl sites for hydroxylation is 1. The molecule has 7 nitrogen and oxygen atoms in total. The minimum atomic E-state index is -3.70. The van der Waals surface area contributed by atoms with Crippen LogP contribution in [0.4, 0.5) is 0 Å². The van der Waals surface area contributed by atoms with E-state index in [4.69, 9.17) is 4.52 Å². The number of benzene rings is 1. The molecule has 0 aliphatic heterocycles. The number of rotatable bonds is 5. The maximum absolute atomic E-state index is 12.2. The molecular weight excluding hydrogens is 282 g/mol. The molecule has 2 rings (SSSR count). The summed E-state index contributed by atoms with van der Waals surface area (Å²) in [4.78, 5) is 4.05. The van der Waals surface area contributed by atoms with E-state index in [0.717, 1.165) is 0 Å². The van der Waals surface area contributed by atoms with Gasteiger partial charge in [-0.3, -0.25) is 0 Å². The number of aromatic nitrogens is 2. The second kappa shape index (κ2) is 5.70. The summed E-state index contributed by atoms with van der Waals surface area (Å²) in [7, 11) is -3.70. The summed E-state index contributed by atoms with van der Waals surface area (Å²) in [5, 5.41) is 12.8. The van der Waals surface area contributed by atoms with Crippen molar-refractivity contribution < 1.29 is 18.0 Å². The van der Waals surface area contributed by atoms with E-state index in [2.05, 4.69) is 14.9 Å². The van der Waals surface area contributed by atoms with E-state index in [1.165, 1.54) is 6.07 Å².